The van der Waals surface area contributed by atoms with Gasteiger partial charge in [-0.15, -0.1) is 0 Å². The third kappa shape index (κ3) is 5.73. The highest BCUT2D eigenvalue weighted by atomic mass is 16.6. The van der Waals surface area contributed by atoms with E-state index in [1.54, 1.807) is 13.2 Å². The molecule has 2 aromatic carbocycles. The van der Waals surface area contributed by atoms with Crippen LogP contribution in [0.2, 0.25) is 0 Å². The van der Waals surface area contributed by atoms with Crippen LogP contribution in [0.15, 0.2) is 36.4 Å². The van der Waals surface area contributed by atoms with Gasteiger partial charge in [0.25, 0.3) is 0 Å². The second-order valence-electron chi connectivity index (χ2n) is 10.1. The number of benzene rings is 2. The van der Waals surface area contributed by atoms with Crippen LogP contribution in [0, 0.1) is 23.0 Å². The molecule has 36 heavy (non-hydrogen) atoms. The Hall–Kier alpha value is -3.33. The second kappa shape index (κ2) is 11.2. The van der Waals surface area contributed by atoms with Gasteiger partial charge < -0.3 is 25.2 Å². The van der Waals surface area contributed by atoms with Crippen molar-refractivity contribution in [3.8, 4) is 5.75 Å². The predicted molar refractivity (Wildman–Crippen MR) is 143 cm³/mol. The standard InChI is InChI=1S/C27H37N5O4/c1-18-8-11-21(16-25(18)36-4)29-27(33)19-9-12-20(13-10-19)28-23-6-5-7-24(26(23)32(34)35)31(3)22-14-15-30(2)17-22/h5-8,11,16,19-20,22,28H,9-10,12-15,17H2,1-4H3,(H,29,33). The Kier molecular flexibility index (Phi) is 7.98. The maximum atomic E-state index is 12.9. The van der Waals surface area contributed by atoms with Crippen LogP contribution < -0.4 is 20.3 Å². The van der Waals surface area contributed by atoms with Crippen LogP contribution in [0.25, 0.3) is 0 Å². The Balaban J connectivity index is 1.38. The van der Waals surface area contributed by atoms with E-state index in [-0.39, 0.29) is 34.5 Å². The highest BCUT2D eigenvalue weighted by molar-refractivity contribution is 5.92. The average Bonchev–Trinajstić information content (AvgIpc) is 3.31. The van der Waals surface area contributed by atoms with Gasteiger partial charge in [-0.05, 0) is 76.4 Å². The molecule has 1 heterocycles. The van der Waals surface area contributed by atoms with Gasteiger partial charge in [0.15, 0.2) is 0 Å². The molecular weight excluding hydrogens is 458 g/mol. The highest BCUT2D eigenvalue weighted by Crippen LogP contribution is 2.38. The van der Waals surface area contributed by atoms with Crippen LogP contribution in [-0.2, 0) is 4.79 Å². The van der Waals surface area contributed by atoms with Crippen LogP contribution in [0.5, 0.6) is 5.75 Å². The lowest BCUT2D eigenvalue weighted by atomic mass is 9.85. The zero-order valence-corrected chi connectivity index (χ0v) is 21.6. The summed E-state index contributed by atoms with van der Waals surface area (Å²) in [5, 5.41) is 18.6. The summed E-state index contributed by atoms with van der Waals surface area (Å²) in [6, 6.07) is 11.5. The minimum Gasteiger partial charge on any atom is -0.496 e. The first-order chi connectivity index (χ1) is 17.3. The Morgan fingerprint density at radius 1 is 1.17 bits per heavy atom. The summed E-state index contributed by atoms with van der Waals surface area (Å²) in [4.78, 5) is 29.0. The molecule has 2 aromatic rings. The lowest BCUT2D eigenvalue weighted by molar-refractivity contribution is -0.383. The van der Waals surface area contributed by atoms with Gasteiger partial charge in [-0.1, -0.05) is 12.1 Å². The molecule has 1 saturated carbocycles. The van der Waals surface area contributed by atoms with Crippen molar-refractivity contribution in [3.63, 3.8) is 0 Å². The van der Waals surface area contributed by atoms with Crippen LogP contribution in [0.3, 0.4) is 0 Å². The van der Waals surface area contributed by atoms with E-state index in [0.29, 0.717) is 11.4 Å². The largest absolute Gasteiger partial charge is 0.496 e. The number of nitro groups is 1. The van der Waals surface area contributed by atoms with Gasteiger partial charge in [0.2, 0.25) is 5.91 Å². The van der Waals surface area contributed by atoms with Crippen molar-refractivity contribution in [1.82, 2.24) is 4.90 Å². The molecule has 9 heteroatoms. The topological polar surface area (TPSA) is 100.0 Å². The number of likely N-dealkylation sites (N-methyl/N-ethyl adjacent to an activating group) is 2. The summed E-state index contributed by atoms with van der Waals surface area (Å²) < 4.78 is 5.35. The number of ether oxygens (including phenoxy) is 1. The second-order valence-corrected chi connectivity index (χ2v) is 10.1. The number of carbonyl (C=O) groups is 1. The molecule has 2 fully saturated rings. The number of hydrogen-bond acceptors (Lipinski definition) is 7. The third-order valence-corrected chi connectivity index (χ3v) is 7.62. The Labute approximate surface area is 212 Å². The molecule has 4 rings (SSSR count). The lowest BCUT2D eigenvalue weighted by Gasteiger charge is -2.30. The van der Waals surface area contributed by atoms with Gasteiger partial charge in [-0.3, -0.25) is 14.9 Å². The maximum absolute atomic E-state index is 12.9. The fraction of sp³-hybridized carbons (Fsp3) is 0.519. The van der Waals surface area contributed by atoms with E-state index in [0.717, 1.165) is 62.2 Å². The minimum absolute atomic E-state index is 0.00971. The van der Waals surface area contributed by atoms with E-state index in [1.807, 2.05) is 49.2 Å². The number of aryl methyl sites for hydroxylation is 1. The number of rotatable bonds is 8. The molecule has 0 radical (unpaired) electrons. The van der Waals surface area contributed by atoms with E-state index < -0.39 is 0 Å². The minimum atomic E-state index is -0.276. The third-order valence-electron chi connectivity index (χ3n) is 7.62. The van der Waals surface area contributed by atoms with Crippen molar-refractivity contribution >= 4 is 28.7 Å². The van der Waals surface area contributed by atoms with E-state index in [9.17, 15) is 14.9 Å². The number of nitrogens with zero attached hydrogens (tertiary/aromatic N) is 3. The molecule has 9 nitrogen and oxygen atoms in total. The molecule has 1 saturated heterocycles. The molecule has 0 spiro atoms. The van der Waals surface area contributed by atoms with Crippen LogP contribution in [0.4, 0.5) is 22.7 Å². The summed E-state index contributed by atoms with van der Waals surface area (Å²) in [6.45, 7) is 3.85. The Bertz CT molecular complexity index is 1100. The molecule has 0 bridgehead atoms. The normalized spacial score (nSPS) is 22.2. The molecule has 1 atom stereocenters. The quantitative estimate of drug-likeness (QED) is 0.406. The van der Waals surface area contributed by atoms with Crippen molar-refractivity contribution in [2.45, 2.75) is 51.1 Å². The summed E-state index contributed by atoms with van der Waals surface area (Å²) in [5.41, 5.74) is 3.07. The zero-order chi connectivity index (χ0) is 25.8. The Morgan fingerprint density at radius 3 is 2.56 bits per heavy atom. The lowest BCUT2D eigenvalue weighted by Crippen LogP contribution is -2.34. The monoisotopic (exact) mass is 495 g/mol. The highest BCUT2D eigenvalue weighted by Gasteiger charge is 2.31. The number of nitro benzene ring substituents is 1. The molecule has 194 valence electrons. The molecule has 1 unspecified atom stereocenters. The van der Waals surface area contributed by atoms with Crippen molar-refractivity contribution in [1.29, 1.82) is 0 Å². The van der Waals surface area contributed by atoms with E-state index in [4.69, 9.17) is 4.74 Å². The molecule has 1 aliphatic carbocycles. The number of nitrogens with one attached hydrogen (secondary N) is 2. The molecule has 2 aliphatic rings. The number of carbonyl (C=O) groups excluding carboxylic acids is 1. The van der Waals surface area contributed by atoms with Crippen molar-refractivity contribution in [2.24, 2.45) is 5.92 Å². The average molecular weight is 496 g/mol. The molecule has 2 N–H and O–H groups in total. The fourth-order valence-electron chi connectivity index (χ4n) is 5.41. The van der Waals surface area contributed by atoms with Crippen molar-refractivity contribution in [3.05, 3.63) is 52.1 Å². The van der Waals surface area contributed by atoms with Gasteiger partial charge in [0.1, 0.15) is 17.1 Å². The summed E-state index contributed by atoms with van der Waals surface area (Å²) in [7, 11) is 5.64. The number of anilines is 3. The first-order valence-corrected chi connectivity index (χ1v) is 12.7. The molecule has 0 aromatic heterocycles. The van der Waals surface area contributed by atoms with Gasteiger partial charge in [0.05, 0.1) is 12.0 Å². The number of para-hydroxylation sites is 1. The van der Waals surface area contributed by atoms with Gasteiger partial charge in [-0.2, -0.15) is 0 Å². The van der Waals surface area contributed by atoms with Gasteiger partial charge >= 0.3 is 5.69 Å². The molecule has 1 aliphatic heterocycles. The summed E-state index contributed by atoms with van der Waals surface area (Å²) >= 11 is 0. The SMILES string of the molecule is COc1cc(NC(=O)C2CCC(Nc3cccc(N(C)C4CCN(C)C4)c3[N+](=O)[O-])CC2)ccc1C. The van der Waals surface area contributed by atoms with E-state index in [2.05, 4.69) is 22.6 Å². The first-order valence-electron chi connectivity index (χ1n) is 12.7. The summed E-state index contributed by atoms with van der Waals surface area (Å²) in [6.07, 6.45) is 4.01. The fourth-order valence-corrected chi connectivity index (χ4v) is 5.41. The number of likely N-dealkylation sites (tertiary alicyclic amines) is 1. The van der Waals surface area contributed by atoms with Crippen molar-refractivity contribution < 1.29 is 14.5 Å². The maximum Gasteiger partial charge on any atom is 0.315 e. The smallest absolute Gasteiger partial charge is 0.315 e. The van der Waals surface area contributed by atoms with Crippen LogP contribution >= 0.6 is 0 Å². The van der Waals surface area contributed by atoms with Crippen LogP contribution in [0.1, 0.15) is 37.7 Å². The molecular formula is C27H37N5O4. The van der Waals surface area contributed by atoms with Gasteiger partial charge in [0, 0.05) is 43.3 Å². The zero-order valence-electron chi connectivity index (χ0n) is 21.6. The predicted octanol–water partition coefficient (Wildman–Crippen LogP) is 4.66. The van der Waals surface area contributed by atoms with E-state index in [1.165, 1.54) is 0 Å². The first kappa shape index (κ1) is 25.8. The molecule has 1 amide bonds. The summed E-state index contributed by atoms with van der Waals surface area (Å²) in [5.74, 6) is 0.674. The number of amides is 1. The van der Waals surface area contributed by atoms with Gasteiger partial charge in [-0.25, -0.2) is 0 Å². The Morgan fingerprint density at radius 2 is 1.92 bits per heavy atom. The van der Waals surface area contributed by atoms with E-state index >= 15 is 0 Å². The number of methoxy groups -OCH3 is 1. The van der Waals surface area contributed by atoms with Crippen molar-refractivity contribution in [2.75, 3.05) is 49.8 Å². The number of hydrogen-bond donors (Lipinski definition) is 2. The van der Waals surface area contributed by atoms with Crippen LogP contribution in [-0.4, -0.2) is 62.1 Å².